The average Bonchev–Trinajstić information content (AvgIpc) is 3.34. The third-order valence-electron chi connectivity index (χ3n) is 4.53. The van der Waals surface area contributed by atoms with Gasteiger partial charge in [0.25, 0.3) is 0 Å². The van der Waals surface area contributed by atoms with Crippen LogP contribution in [0.5, 0.6) is 0 Å². The Balaban J connectivity index is 1.50. The number of ether oxygens (including phenoxy) is 1. The molecule has 9 nitrogen and oxygen atoms in total. The molecule has 2 heterocycles. The number of anilines is 2. The number of rotatable bonds is 7. The largest absolute Gasteiger partial charge is 0.376 e. The van der Waals surface area contributed by atoms with Crippen molar-refractivity contribution in [2.24, 2.45) is 7.05 Å². The van der Waals surface area contributed by atoms with E-state index in [2.05, 4.69) is 26.4 Å². The van der Waals surface area contributed by atoms with E-state index in [1.165, 1.54) is 0 Å². The second kappa shape index (κ2) is 9.34. The molecule has 0 aliphatic carbocycles. The third kappa shape index (κ3) is 5.30. The van der Waals surface area contributed by atoms with E-state index in [4.69, 9.17) is 4.74 Å². The van der Waals surface area contributed by atoms with Gasteiger partial charge in [0.2, 0.25) is 5.91 Å². The van der Waals surface area contributed by atoms with E-state index in [0.717, 1.165) is 25.0 Å². The van der Waals surface area contributed by atoms with Crippen LogP contribution in [0.2, 0.25) is 0 Å². The van der Waals surface area contributed by atoms with E-state index in [1.54, 1.807) is 55.4 Å². The molecule has 1 saturated heterocycles. The van der Waals surface area contributed by atoms with Crippen LogP contribution < -0.4 is 21.3 Å². The molecule has 1 aliphatic rings. The fourth-order valence-electron chi connectivity index (χ4n) is 3.08. The second-order valence-corrected chi connectivity index (χ2v) is 6.71. The van der Waals surface area contributed by atoms with Crippen molar-refractivity contribution in [1.82, 2.24) is 20.4 Å². The number of urea groups is 1. The van der Waals surface area contributed by atoms with Crippen molar-refractivity contribution in [3.8, 4) is 0 Å². The van der Waals surface area contributed by atoms with Gasteiger partial charge in [-0.2, -0.15) is 5.10 Å². The molecule has 2 atom stereocenters. The number of benzene rings is 1. The van der Waals surface area contributed by atoms with E-state index in [9.17, 15) is 9.59 Å². The van der Waals surface area contributed by atoms with Gasteiger partial charge < -0.3 is 26.0 Å². The number of nitrogens with one attached hydrogen (secondary N) is 4. The first-order chi connectivity index (χ1) is 13.5. The molecule has 2 aromatic rings. The molecule has 28 heavy (non-hydrogen) atoms. The molecule has 3 amide bonds. The molecule has 1 aromatic carbocycles. The summed E-state index contributed by atoms with van der Waals surface area (Å²) in [6, 6.07) is 6.17. The predicted molar refractivity (Wildman–Crippen MR) is 106 cm³/mol. The highest BCUT2D eigenvalue weighted by Gasteiger charge is 2.20. The molecule has 0 bridgehead atoms. The minimum Gasteiger partial charge on any atom is -0.376 e. The number of likely N-dealkylation sites (N-methyl/N-ethyl adjacent to an activating group) is 1. The van der Waals surface area contributed by atoms with Crippen molar-refractivity contribution in [2.75, 3.05) is 30.8 Å². The minimum absolute atomic E-state index is 0.100. The van der Waals surface area contributed by atoms with Gasteiger partial charge in [-0.1, -0.05) is 0 Å². The summed E-state index contributed by atoms with van der Waals surface area (Å²) in [5, 5.41) is 15.5. The molecular formula is C19H26N6O3. The molecule has 2 unspecified atom stereocenters. The number of nitrogens with zero attached hydrogens (tertiary/aromatic N) is 2. The van der Waals surface area contributed by atoms with Gasteiger partial charge in [-0.15, -0.1) is 0 Å². The van der Waals surface area contributed by atoms with Gasteiger partial charge in [0.05, 0.1) is 12.3 Å². The summed E-state index contributed by atoms with van der Waals surface area (Å²) >= 11 is 0. The number of carbonyl (C=O) groups is 2. The summed E-state index contributed by atoms with van der Waals surface area (Å²) in [4.78, 5) is 24.5. The molecule has 0 radical (unpaired) electrons. The highest BCUT2D eigenvalue weighted by Crippen LogP contribution is 2.17. The first-order valence-electron chi connectivity index (χ1n) is 9.28. The Morgan fingerprint density at radius 3 is 2.54 bits per heavy atom. The summed E-state index contributed by atoms with van der Waals surface area (Å²) < 4.78 is 7.13. The number of hydrogen-bond donors (Lipinski definition) is 4. The highest BCUT2D eigenvalue weighted by atomic mass is 16.5. The Labute approximate surface area is 163 Å². The summed E-state index contributed by atoms with van der Waals surface area (Å²) in [7, 11) is 3.52. The van der Waals surface area contributed by atoms with Crippen LogP contribution in [0.3, 0.4) is 0 Å². The van der Waals surface area contributed by atoms with E-state index in [1.807, 2.05) is 0 Å². The Morgan fingerprint density at radius 2 is 1.96 bits per heavy atom. The van der Waals surface area contributed by atoms with Crippen LogP contribution in [0.1, 0.15) is 24.4 Å². The summed E-state index contributed by atoms with van der Waals surface area (Å²) in [5.74, 6) is -0.189. The molecule has 0 saturated carbocycles. The predicted octanol–water partition coefficient (Wildman–Crippen LogP) is 1.62. The number of carbonyl (C=O) groups excluding carboxylic acids is 2. The van der Waals surface area contributed by atoms with Gasteiger partial charge in [-0.25, -0.2) is 4.79 Å². The van der Waals surface area contributed by atoms with Crippen LogP contribution in [0, 0.1) is 0 Å². The lowest BCUT2D eigenvalue weighted by molar-refractivity contribution is -0.118. The number of amides is 3. The normalized spacial score (nSPS) is 17.1. The summed E-state index contributed by atoms with van der Waals surface area (Å²) in [6.45, 7) is 1.26. The molecular weight excluding hydrogens is 360 g/mol. The van der Waals surface area contributed by atoms with E-state index >= 15 is 0 Å². The van der Waals surface area contributed by atoms with E-state index in [0.29, 0.717) is 17.9 Å². The SMILES string of the molecule is CNC(C(=O)Nc1ccc(NC(=O)NCC2CCCO2)cc1)c1cnn(C)c1. The zero-order valence-corrected chi connectivity index (χ0v) is 16.1. The Morgan fingerprint density at radius 1 is 1.25 bits per heavy atom. The molecule has 3 rings (SSSR count). The van der Waals surface area contributed by atoms with Gasteiger partial charge in [0.1, 0.15) is 6.04 Å². The maximum absolute atomic E-state index is 12.5. The average molecular weight is 386 g/mol. The van der Waals surface area contributed by atoms with Crippen molar-refractivity contribution in [3.05, 3.63) is 42.2 Å². The first kappa shape index (κ1) is 19.8. The fraction of sp³-hybridized carbons (Fsp3) is 0.421. The van der Waals surface area contributed by atoms with Crippen molar-refractivity contribution in [2.45, 2.75) is 25.0 Å². The van der Waals surface area contributed by atoms with Crippen LogP contribution in [-0.2, 0) is 16.6 Å². The van der Waals surface area contributed by atoms with Gasteiger partial charge in [0.15, 0.2) is 0 Å². The third-order valence-corrected chi connectivity index (χ3v) is 4.53. The zero-order valence-electron chi connectivity index (χ0n) is 16.1. The maximum atomic E-state index is 12.5. The Bertz CT molecular complexity index is 798. The molecule has 4 N–H and O–H groups in total. The topological polar surface area (TPSA) is 109 Å². The van der Waals surface area contributed by atoms with Gasteiger partial charge in [0, 0.05) is 43.3 Å². The Kier molecular flexibility index (Phi) is 6.62. The van der Waals surface area contributed by atoms with Gasteiger partial charge in [-0.05, 0) is 44.2 Å². The van der Waals surface area contributed by atoms with Crippen LogP contribution in [-0.4, -0.2) is 48.0 Å². The standard InChI is InChI=1S/C19H26N6O3/c1-20-17(13-10-22-25(2)12-13)18(26)23-14-5-7-15(8-6-14)24-19(27)21-11-16-4-3-9-28-16/h5-8,10,12,16-17,20H,3-4,9,11H2,1-2H3,(H,23,26)(H2,21,24,27). The lowest BCUT2D eigenvalue weighted by Gasteiger charge is -2.15. The van der Waals surface area contributed by atoms with Crippen molar-refractivity contribution >= 4 is 23.3 Å². The minimum atomic E-state index is -0.505. The molecule has 1 aliphatic heterocycles. The lowest BCUT2D eigenvalue weighted by Crippen LogP contribution is -2.35. The van der Waals surface area contributed by atoms with Gasteiger partial charge in [-0.3, -0.25) is 9.48 Å². The van der Waals surface area contributed by atoms with Crippen LogP contribution >= 0.6 is 0 Å². The molecule has 150 valence electrons. The summed E-state index contributed by atoms with van der Waals surface area (Å²) in [6.07, 6.45) is 5.56. The number of hydrogen-bond acceptors (Lipinski definition) is 5. The van der Waals surface area contributed by atoms with Crippen LogP contribution in [0.4, 0.5) is 16.2 Å². The molecule has 0 spiro atoms. The van der Waals surface area contributed by atoms with E-state index in [-0.39, 0.29) is 18.0 Å². The van der Waals surface area contributed by atoms with Crippen LogP contribution in [0.15, 0.2) is 36.7 Å². The lowest BCUT2D eigenvalue weighted by atomic mass is 10.1. The van der Waals surface area contributed by atoms with Gasteiger partial charge >= 0.3 is 6.03 Å². The summed E-state index contributed by atoms with van der Waals surface area (Å²) in [5.41, 5.74) is 2.06. The Hall–Kier alpha value is -2.91. The second-order valence-electron chi connectivity index (χ2n) is 6.71. The smallest absolute Gasteiger partial charge is 0.319 e. The monoisotopic (exact) mass is 386 g/mol. The van der Waals surface area contributed by atoms with Crippen molar-refractivity contribution < 1.29 is 14.3 Å². The quantitative estimate of drug-likeness (QED) is 0.578. The molecule has 1 aromatic heterocycles. The molecule has 1 fully saturated rings. The molecule has 9 heteroatoms. The zero-order chi connectivity index (χ0) is 19.9. The number of aryl methyl sites for hydroxylation is 1. The number of aromatic nitrogens is 2. The van der Waals surface area contributed by atoms with Crippen LogP contribution in [0.25, 0.3) is 0 Å². The first-order valence-corrected chi connectivity index (χ1v) is 9.28. The van der Waals surface area contributed by atoms with Crippen molar-refractivity contribution in [1.29, 1.82) is 0 Å². The maximum Gasteiger partial charge on any atom is 0.319 e. The highest BCUT2D eigenvalue weighted by molar-refractivity contribution is 5.96. The fourth-order valence-corrected chi connectivity index (χ4v) is 3.08. The van der Waals surface area contributed by atoms with E-state index < -0.39 is 6.04 Å². The van der Waals surface area contributed by atoms with Crippen molar-refractivity contribution in [3.63, 3.8) is 0 Å².